The van der Waals surface area contributed by atoms with Crippen LogP contribution in [0.2, 0.25) is 0 Å². The topological polar surface area (TPSA) is 118 Å². The molecule has 0 spiro atoms. The molecule has 35 heavy (non-hydrogen) atoms. The Hall–Kier alpha value is -4.98. The molecule has 8 nitrogen and oxygen atoms in total. The van der Waals surface area contributed by atoms with Crippen LogP contribution in [-0.4, -0.2) is 31.9 Å². The minimum Gasteiger partial charge on any atom is -0.404 e. The first kappa shape index (κ1) is 23.2. The molecule has 4 rings (SSSR count). The van der Waals surface area contributed by atoms with E-state index in [2.05, 4.69) is 32.1 Å². The van der Waals surface area contributed by atoms with Gasteiger partial charge in [0.05, 0.1) is 29.8 Å². The maximum absolute atomic E-state index is 14.1. The number of nitrogens with one attached hydrogen (secondary N) is 1. The van der Waals surface area contributed by atoms with E-state index in [1.165, 1.54) is 35.7 Å². The molecular weight excluding hydrogens is 457 g/mol. The van der Waals surface area contributed by atoms with Crippen LogP contribution < -0.4 is 11.1 Å². The van der Waals surface area contributed by atoms with Gasteiger partial charge >= 0.3 is 6.18 Å². The number of nitrogens with zero attached hydrogens (tertiary/aromatic N) is 6. The van der Waals surface area contributed by atoms with E-state index in [1.54, 1.807) is 36.4 Å². The molecule has 0 atom stereocenters. The quantitative estimate of drug-likeness (QED) is 0.306. The van der Waals surface area contributed by atoms with Gasteiger partial charge in [-0.25, -0.2) is 4.99 Å². The molecule has 2 aromatic carbocycles. The highest BCUT2D eigenvalue weighted by Crippen LogP contribution is 2.32. The number of aliphatic imine (C=N–C) groups is 1. The van der Waals surface area contributed by atoms with Crippen LogP contribution in [0.4, 0.5) is 24.5 Å². The predicted molar refractivity (Wildman–Crippen MR) is 126 cm³/mol. The number of benzene rings is 2. The van der Waals surface area contributed by atoms with Crippen LogP contribution in [0, 0.1) is 11.3 Å². The molecule has 2 aromatic heterocycles. The summed E-state index contributed by atoms with van der Waals surface area (Å²) >= 11 is 0. The van der Waals surface area contributed by atoms with Crippen LogP contribution in [0.15, 0.2) is 96.3 Å². The highest BCUT2D eigenvalue weighted by Gasteiger charge is 2.39. The van der Waals surface area contributed by atoms with E-state index in [1.807, 2.05) is 6.07 Å². The minimum atomic E-state index is -4.85. The zero-order valence-corrected chi connectivity index (χ0v) is 18.0. The number of fused-ring (bicyclic) bond motifs is 1. The minimum absolute atomic E-state index is 0.0328. The van der Waals surface area contributed by atoms with Gasteiger partial charge in [0, 0.05) is 40.1 Å². The van der Waals surface area contributed by atoms with E-state index in [-0.39, 0.29) is 16.9 Å². The van der Waals surface area contributed by atoms with Gasteiger partial charge < -0.3 is 11.1 Å². The van der Waals surface area contributed by atoms with Crippen LogP contribution in [-0.2, 0) is 0 Å². The normalized spacial score (nSPS) is 12.4. The highest BCUT2D eigenvalue weighted by atomic mass is 19.4. The van der Waals surface area contributed by atoms with Crippen molar-refractivity contribution in [2.45, 2.75) is 6.18 Å². The summed E-state index contributed by atoms with van der Waals surface area (Å²) in [5.41, 5.74) is 4.70. The summed E-state index contributed by atoms with van der Waals surface area (Å²) in [5.74, 6) is 0. The van der Waals surface area contributed by atoms with Gasteiger partial charge in [-0.1, -0.05) is 30.8 Å². The molecule has 2 heterocycles. The third kappa shape index (κ3) is 4.86. The molecule has 0 saturated heterocycles. The van der Waals surface area contributed by atoms with E-state index in [9.17, 15) is 18.4 Å². The van der Waals surface area contributed by atoms with Crippen molar-refractivity contribution in [1.29, 1.82) is 5.26 Å². The maximum atomic E-state index is 14.1. The van der Waals surface area contributed by atoms with Crippen molar-refractivity contribution in [3.8, 4) is 11.8 Å². The second kappa shape index (κ2) is 9.48. The Morgan fingerprint density at radius 2 is 1.89 bits per heavy atom. The third-order valence-corrected chi connectivity index (χ3v) is 4.94. The Bertz CT molecular complexity index is 1490. The molecule has 0 aliphatic heterocycles. The first-order chi connectivity index (χ1) is 16.8. The number of aromatic nitrogens is 4. The number of hydrogen-bond acceptors (Lipinski definition) is 7. The summed E-state index contributed by atoms with van der Waals surface area (Å²) in [4.78, 5) is 9.13. The SMILES string of the molecule is C=C(Nc1ccc(-n2nccn2)c(C#N)c1)C(=CN)C(=Nc1cncc2ccccc12)C(F)(F)F. The Morgan fingerprint density at radius 3 is 2.57 bits per heavy atom. The number of allylic oxidation sites excluding steroid dienone is 1. The monoisotopic (exact) mass is 474 g/mol. The Balaban J connectivity index is 1.70. The van der Waals surface area contributed by atoms with Crippen LogP contribution in [0.5, 0.6) is 0 Å². The number of hydrogen-bond donors (Lipinski definition) is 2. The lowest BCUT2D eigenvalue weighted by atomic mass is 10.1. The van der Waals surface area contributed by atoms with Gasteiger partial charge in [0.2, 0.25) is 0 Å². The Morgan fingerprint density at radius 1 is 1.14 bits per heavy atom. The van der Waals surface area contributed by atoms with Gasteiger partial charge in [-0.2, -0.15) is 33.4 Å². The number of anilines is 1. The molecule has 0 unspecified atom stereocenters. The molecule has 174 valence electrons. The number of nitriles is 1. The van der Waals surface area contributed by atoms with E-state index < -0.39 is 17.5 Å². The number of pyridine rings is 1. The second-order valence-electron chi connectivity index (χ2n) is 7.18. The molecule has 0 amide bonds. The van der Waals surface area contributed by atoms with Crippen molar-refractivity contribution >= 4 is 27.9 Å². The maximum Gasteiger partial charge on any atom is 0.434 e. The molecule has 11 heteroatoms. The summed E-state index contributed by atoms with van der Waals surface area (Å²) in [6, 6.07) is 13.4. The van der Waals surface area contributed by atoms with Gasteiger partial charge in [-0.3, -0.25) is 4.98 Å². The second-order valence-corrected chi connectivity index (χ2v) is 7.18. The summed E-state index contributed by atoms with van der Waals surface area (Å²) in [5, 5.41) is 21.4. The largest absolute Gasteiger partial charge is 0.434 e. The number of rotatable bonds is 6. The van der Waals surface area contributed by atoms with Crippen molar-refractivity contribution in [2.75, 3.05) is 5.32 Å². The van der Waals surface area contributed by atoms with Crippen molar-refractivity contribution in [2.24, 2.45) is 10.7 Å². The van der Waals surface area contributed by atoms with Gasteiger partial charge in [0.1, 0.15) is 11.8 Å². The molecule has 0 radical (unpaired) electrons. The van der Waals surface area contributed by atoms with E-state index >= 15 is 0 Å². The van der Waals surface area contributed by atoms with Gasteiger partial charge in [-0.15, -0.1) is 0 Å². The molecule has 0 saturated carbocycles. The smallest absolute Gasteiger partial charge is 0.404 e. The summed E-state index contributed by atoms with van der Waals surface area (Å²) in [7, 11) is 0. The molecule has 0 bridgehead atoms. The molecule has 0 aliphatic carbocycles. The average molecular weight is 474 g/mol. The molecule has 0 fully saturated rings. The summed E-state index contributed by atoms with van der Waals surface area (Å²) in [6.07, 6.45) is 1.64. The standard InChI is InChI=1S/C24H17F3N8/c1-15(33-18-6-7-22(17(10-18)11-28)35-31-8-9-32-35)20(12-29)23(24(25,26)27)34-21-14-30-13-16-4-2-3-5-19(16)21/h2-10,12-14,33H,1,29H2. The van der Waals surface area contributed by atoms with Gasteiger partial charge in [-0.05, 0) is 18.2 Å². The van der Waals surface area contributed by atoms with E-state index in [0.717, 1.165) is 6.20 Å². The molecule has 3 N–H and O–H groups in total. The van der Waals surface area contributed by atoms with Crippen molar-refractivity contribution in [3.05, 3.63) is 96.9 Å². The Labute approximate surface area is 197 Å². The van der Waals surface area contributed by atoms with E-state index in [4.69, 9.17) is 5.73 Å². The first-order valence-corrected chi connectivity index (χ1v) is 10.1. The number of halogens is 3. The zero-order chi connectivity index (χ0) is 25.0. The van der Waals surface area contributed by atoms with Crippen molar-refractivity contribution in [3.63, 3.8) is 0 Å². The fraction of sp³-hybridized carbons (Fsp3) is 0.0417. The molecule has 4 aromatic rings. The number of alkyl halides is 3. The van der Waals surface area contributed by atoms with Crippen LogP contribution in [0.3, 0.4) is 0 Å². The first-order valence-electron chi connectivity index (χ1n) is 10.1. The lowest BCUT2D eigenvalue weighted by molar-refractivity contribution is -0.0580. The average Bonchev–Trinajstić information content (AvgIpc) is 3.38. The van der Waals surface area contributed by atoms with E-state index in [0.29, 0.717) is 22.1 Å². The molecular formula is C24H17F3N8. The van der Waals surface area contributed by atoms with Crippen molar-refractivity contribution in [1.82, 2.24) is 20.0 Å². The van der Waals surface area contributed by atoms with Crippen LogP contribution in [0.1, 0.15) is 5.56 Å². The fourth-order valence-electron chi connectivity index (χ4n) is 3.37. The van der Waals surface area contributed by atoms with Crippen LogP contribution in [0.25, 0.3) is 16.5 Å². The summed E-state index contributed by atoms with van der Waals surface area (Å²) < 4.78 is 42.3. The van der Waals surface area contributed by atoms with Crippen LogP contribution >= 0.6 is 0 Å². The predicted octanol–water partition coefficient (Wildman–Crippen LogP) is 4.79. The summed E-state index contributed by atoms with van der Waals surface area (Å²) in [6.45, 7) is 3.72. The lowest BCUT2D eigenvalue weighted by Crippen LogP contribution is -2.27. The fourth-order valence-corrected chi connectivity index (χ4v) is 3.37. The molecule has 0 aliphatic rings. The Kier molecular flexibility index (Phi) is 6.28. The third-order valence-electron chi connectivity index (χ3n) is 4.94. The lowest BCUT2D eigenvalue weighted by Gasteiger charge is -2.18. The van der Waals surface area contributed by atoms with Crippen molar-refractivity contribution < 1.29 is 13.2 Å². The zero-order valence-electron chi connectivity index (χ0n) is 18.0. The highest BCUT2D eigenvalue weighted by molar-refractivity contribution is 6.10. The van der Waals surface area contributed by atoms with Gasteiger partial charge in [0.15, 0.2) is 5.71 Å². The van der Waals surface area contributed by atoms with Gasteiger partial charge in [0.25, 0.3) is 0 Å². The number of nitrogens with two attached hydrogens (primary N) is 1.